The molecule has 11 rings (SSSR count). The van der Waals surface area contributed by atoms with Gasteiger partial charge in [-0.25, -0.2) is 59.8 Å². The number of fused-ring (bicyclic) bond motifs is 5. The predicted octanol–water partition coefficient (Wildman–Crippen LogP) is 9.21. The summed E-state index contributed by atoms with van der Waals surface area (Å²) in [7, 11) is 10.4. The molecular weight excluding hydrogens is 1550 g/mol. The zero-order valence-electron chi connectivity index (χ0n) is 54.5. The maximum absolute atomic E-state index is 12.7. The van der Waals surface area contributed by atoms with Gasteiger partial charge in [0.2, 0.25) is 46.6 Å². The molecule has 10 N–H and O–H groups in total. The Bertz CT molecular complexity index is 5140. The summed E-state index contributed by atoms with van der Waals surface area (Å²) in [6.45, 7) is -0.420. The van der Waals surface area contributed by atoms with Gasteiger partial charge in [0, 0.05) is 80.6 Å². The largest absolute Gasteiger partial charge is 0.490 e. The highest BCUT2D eigenvalue weighted by Crippen LogP contribution is 2.38. The summed E-state index contributed by atoms with van der Waals surface area (Å²) in [4.78, 5) is 93.2. The molecule has 1 aliphatic heterocycles. The van der Waals surface area contributed by atoms with Crippen molar-refractivity contribution in [1.29, 1.82) is 0 Å². The van der Waals surface area contributed by atoms with Crippen molar-refractivity contribution in [2.45, 2.75) is 37.1 Å². The van der Waals surface area contributed by atoms with Crippen LogP contribution in [0.15, 0.2) is 48.4 Å². The van der Waals surface area contributed by atoms with E-state index in [4.69, 9.17) is 33.0 Å². The molecular formula is C50H44ClF18N26O13+. The summed E-state index contributed by atoms with van der Waals surface area (Å²) >= 11 is 5.52. The first-order valence-electron chi connectivity index (χ1n) is 27.8. The van der Waals surface area contributed by atoms with Crippen LogP contribution >= 0.6 is 11.6 Å². The molecule has 1 unspecified atom stereocenters. The van der Waals surface area contributed by atoms with Crippen molar-refractivity contribution < 1.29 is 124 Å². The van der Waals surface area contributed by atoms with Crippen LogP contribution in [0.25, 0.3) is 50.7 Å². The molecule has 10 aromatic rings. The van der Waals surface area contributed by atoms with Gasteiger partial charge in [0.25, 0.3) is 17.2 Å². The van der Waals surface area contributed by atoms with Crippen LogP contribution in [-0.4, -0.2) is 147 Å². The Kier molecular flexibility index (Phi) is 25.5. The number of carboxylic acids is 1. The fraction of sp³-hybridized carbons (Fsp3) is 0.300. The third kappa shape index (κ3) is 19.9. The smallest absolute Gasteiger partial charge is 0.475 e. The van der Waals surface area contributed by atoms with E-state index >= 15 is 0 Å². The van der Waals surface area contributed by atoms with Gasteiger partial charge in [-0.1, -0.05) is 11.6 Å². The van der Waals surface area contributed by atoms with Crippen molar-refractivity contribution >= 4 is 126 Å². The number of aliphatic carboxylic acids is 1. The number of pyridine rings is 5. The van der Waals surface area contributed by atoms with E-state index in [1.54, 1.807) is 14.1 Å². The van der Waals surface area contributed by atoms with E-state index in [-0.39, 0.29) is 79.0 Å². The summed E-state index contributed by atoms with van der Waals surface area (Å²) in [6.07, 6.45) is -25.2. The fourth-order valence-corrected chi connectivity index (χ4v) is 8.92. The lowest BCUT2D eigenvalue weighted by molar-refractivity contribution is -1.04. The molecule has 1 atom stereocenters. The molecule has 0 amide bonds. The van der Waals surface area contributed by atoms with Crippen LogP contribution in [0.4, 0.5) is 136 Å². The highest BCUT2D eigenvalue weighted by atomic mass is 35.5. The zero-order valence-corrected chi connectivity index (χ0v) is 55.2. The van der Waals surface area contributed by atoms with E-state index in [0.717, 1.165) is 78.6 Å². The van der Waals surface area contributed by atoms with Crippen LogP contribution in [0.2, 0.25) is 5.15 Å². The highest BCUT2D eigenvalue weighted by Gasteiger charge is 2.45. The average molecular weight is 1590 g/mol. The van der Waals surface area contributed by atoms with E-state index in [9.17, 15) is 135 Å². The summed E-state index contributed by atoms with van der Waals surface area (Å²) in [5.41, 5.74) is 8.79. The Labute approximate surface area is 587 Å². The monoisotopic (exact) mass is 1590 g/mol. The van der Waals surface area contributed by atoms with Gasteiger partial charge in [0.15, 0.2) is 34.1 Å². The molecule has 0 saturated heterocycles. The molecule has 0 aromatic carbocycles. The fourth-order valence-electron chi connectivity index (χ4n) is 8.71. The third-order valence-corrected chi connectivity index (χ3v) is 13.7. The van der Waals surface area contributed by atoms with Crippen molar-refractivity contribution in [1.82, 2.24) is 72.7 Å². The number of carbonyl (C=O) groups is 1. The Morgan fingerprint density at radius 1 is 0.472 bits per heavy atom. The number of alkyl halides is 18. The average Bonchev–Trinajstić information content (AvgIpc) is 1.65. The van der Waals surface area contributed by atoms with Gasteiger partial charge in [0.05, 0.1) is 42.1 Å². The number of carboxylic acid groups (broad SMARTS) is 1. The molecule has 0 radical (unpaired) electrons. The first-order chi connectivity index (χ1) is 49.4. The molecule has 39 nitrogen and oxygen atoms in total. The van der Waals surface area contributed by atoms with E-state index in [1.807, 2.05) is 0 Å². The van der Waals surface area contributed by atoms with E-state index in [0.29, 0.717) is 20.8 Å². The van der Waals surface area contributed by atoms with Gasteiger partial charge in [-0.15, -0.1) is 5.06 Å². The number of halogens is 19. The van der Waals surface area contributed by atoms with Crippen molar-refractivity contribution in [3.8, 4) is 0 Å². The van der Waals surface area contributed by atoms with Crippen molar-refractivity contribution in [3.05, 3.63) is 139 Å². The second kappa shape index (κ2) is 32.2. The summed E-state index contributed by atoms with van der Waals surface area (Å²) < 4.78 is 224. The van der Waals surface area contributed by atoms with Crippen LogP contribution in [-0.2, 0) is 70.9 Å². The van der Waals surface area contributed by atoms with Crippen LogP contribution in [0.1, 0.15) is 34.8 Å². The minimum Gasteiger partial charge on any atom is -0.475 e. The molecule has 11 heterocycles. The number of nitrogens with zero attached hydrogens (tertiary/aromatic N) is 20. The number of nitrogen functional groups attached to an aromatic ring is 2. The molecule has 0 saturated carbocycles. The lowest BCUT2D eigenvalue weighted by Gasteiger charge is -2.13. The first kappa shape index (κ1) is 85.6. The van der Waals surface area contributed by atoms with Gasteiger partial charge in [-0.3, -0.25) is 55.1 Å². The van der Waals surface area contributed by atoms with Gasteiger partial charge in [-0.2, -0.15) is 79.0 Å². The molecule has 108 heavy (non-hydrogen) atoms. The number of aryl methyl sites for hydroxylation is 4. The van der Waals surface area contributed by atoms with Gasteiger partial charge in [-0.05, 0) is 6.07 Å². The van der Waals surface area contributed by atoms with Crippen molar-refractivity contribution in [2.24, 2.45) is 35.2 Å². The molecule has 0 spiro atoms. The zero-order chi connectivity index (χ0) is 82.5. The number of hydrogen-bond acceptors (Lipinski definition) is 27. The molecule has 0 aliphatic carbocycles. The maximum Gasteiger partial charge on any atom is 0.490 e. The SMILES string of the molecule is CNc1nc2c(cc1N)nc(C(F)(F)F)n2C.CNc1nc2c(cc1[N+](=O)[O-])nc(C(F)(F)F)n2C.CNc1ncc([N+](=O)[O-])cc1N.Cn1c(C(F)(F)F)nc2c1[NH+](O)CC([N+](=O)[O-])=C2.Cn1c(C(F)(F)F)nc2cc([N+](=O)[O-])c(Cl)nc21.Cn1c(C(F)(F)F)nc2cc([N+](=O)[O-])cnc21.O=C(O)C(F)(F)F. The van der Waals surface area contributed by atoms with Crippen molar-refractivity contribution in [3.63, 3.8) is 0 Å². The van der Waals surface area contributed by atoms with Gasteiger partial charge in [0.1, 0.15) is 40.3 Å². The number of hydrogen-bond donors (Lipinski definition) is 8. The third-order valence-electron chi connectivity index (χ3n) is 13.4. The Morgan fingerprint density at radius 2 is 0.815 bits per heavy atom. The lowest BCUT2D eigenvalue weighted by Crippen LogP contribution is -3.06. The van der Waals surface area contributed by atoms with E-state index in [2.05, 4.69) is 65.8 Å². The molecule has 0 bridgehead atoms. The van der Waals surface area contributed by atoms with Crippen LogP contribution in [0.5, 0.6) is 0 Å². The first-order valence-corrected chi connectivity index (χ1v) is 28.2. The van der Waals surface area contributed by atoms with Crippen LogP contribution in [0, 0.1) is 50.6 Å². The van der Waals surface area contributed by atoms with Gasteiger partial charge >= 0.3 is 60.1 Å². The van der Waals surface area contributed by atoms with Crippen molar-refractivity contribution in [2.75, 3.05) is 55.1 Å². The summed E-state index contributed by atoms with van der Waals surface area (Å²) in [6, 6.07) is 5.41. The second-order valence-electron chi connectivity index (χ2n) is 20.6. The minimum absolute atomic E-state index is 0.0528. The minimum atomic E-state index is -5.08. The normalized spacial score (nSPS) is 12.9. The van der Waals surface area contributed by atoms with E-state index in [1.165, 1.54) is 26.2 Å². The number of nitro groups is 5. The quantitative estimate of drug-likeness (QED) is 0.0304. The van der Waals surface area contributed by atoms with Crippen LogP contribution in [0.3, 0.4) is 0 Å². The maximum atomic E-state index is 12.7. The Morgan fingerprint density at radius 3 is 1.19 bits per heavy atom. The Hall–Kier alpha value is -13.0. The standard InChI is InChI=1S/C9H8F3N5O2.C9H10F3N5.C8H4ClF3N4O2.C8H7F3N4O3.C8H5F3N4O2.C6H8N4O2.C2HF3O2/c1-13-6-5(17(18)19)3-4-7(15-6)16(2)8(14-4)9(10,11)12;1-14-6-4(13)3-5-7(16-6)17(2)8(15-5)9(10,11)12;1-15-6-3(13-7(15)8(10,11)12)2-4(16(17)18)5(9)14-6;1-13-6-5(12-7(13)8(9,10)11)2-4(15(17)18)3-14(6)16;1-14-6-5(13-7(14)8(9,10)11)2-4(3-12-6)15(16)17;1-8-6-5(7)2-4(3-9-6)10(11)12;3-2(4,5)1(6)7/h3H,1-2H3,(H,13,15);3H,13H2,1-2H3,(H,14,16);2H,1H3;2,16H,3H2,1H3;2-3H,1H3;2-3H,7H2,1H3,(H,8,9);(H,6,7)/p+1. The topological polar surface area (TPSA) is 519 Å². The summed E-state index contributed by atoms with van der Waals surface area (Å²) in [5.74, 6) is -7.93. The molecule has 0 fully saturated rings. The number of anilines is 5. The van der Waals surface area contributed by atoms with Gasteiger partial charge < -0.3 is 50.8 Å². The van der Waals surface area contributed by atoms with Crippen LogP contribution < -0.4 is 32.5 Å². The Balaban J connectivity index is 0.000000229. The number of quaternary nitrogens is 1. The number of nitrogens with one attached hydrogen (secondary N) is 4. The summed E-state index contributed by atoms with van der Waals surface area (Å²) in [5, 5.41) is 76.2. The molecule has 1 aliphatic rings. The number of imidazole rings is 5. The number of nitrogens with two attached hydrogens (primary N) is 2. The van der Waals surface area contributed by atoms with E-state index < -0.39 is 136 Å². The number of rotatable bonds is 8. The molecule has 58 heteroatoms. The number of hydroxylamine groups is 1. The molecule has 10 aromatic heterocycles. The predicted molar refractivity (Wildman–Crippen MR) is 332 cm³/mol. The molecule has 584 valence electrons. The lowest BCUT2D eigenvalue weighted by atomic mass is 10.2. The second-order valence-corrected chi connectivity index (χ2v) is 20.9. The highest BCUT2D eigenvalue weighted by molar-refractivity contribution is 6.31. The number of aromatic nitrogens is 15.